The average Bonchev–Trinajstić information content (AvgIpc) is 2.94. The van der Waals surface area contributed by atoms with Crippen LogP contribution in [0, 0.1) is 6.92 Å². The van der Waals surface area contributed by atoms with Crippen molar-refractivity contribution in [3.8, 4) is 0 Å². The van der Waals surface area contributed by atoms with Crippen LogP contribution in [0.3, 0.4) is 0 Å². The van der Waals surface area contributed by atoms with E-state index < -0.39 is 0 Å². The first-order valence-corrected chi connectivity index (χ1v) is 6.89. The summed E-state index contributed by atoms with van der Waals surface area (Å²) in [7, 11) is 6.08. The molecule has 0 radical (unpaired) electrons. The summed E-state index contributed by atoms with van der Waals surface area (Å²) in [5.74, 6) is 1.15. The topological polar surface area (TPSA) is 50.9 Å². The van der Waals surface area contributed by atoms with E-state index in [0.29, 0.717) is 6.04 Å². The molecule has 0 unspecified atom stereocenters. The summed E-state index contributed by atoms with van der Waals surface area (Å²) in [5.41, 5.74) is 2.33. The second kappa shape index (κ2) is 6.09. The lowest BCUT2D eigenvalue weighted by molar-refractivity contribution is 0.450. The monoisotopic (exact) mass is 276 g/mol. The molecule has 0 aromatic carbocycles. The van der Waals surface area contributed by atoms with Crippen molar-refractivity contribution in [1.29, 1.82) is 0 Å². The molecule has 2 heterocycles. The average molecular weight is 276 g/mol. The Bertz CT molecular complexity index is 540. The van der Waals surface area contributed by atoms with Gasteiger partial charge in [-0.1, -0.05) is 0 Å². The molecule has 6 heteroatoms. The van der Waals surface area contributed by atoms with E-state index in [1.54, 1.807) is 0 Å². The highest BCUT2D eigenvalue weighted by atomic mass is 15.4. The number of rotatable bonds is 6. The van der Waals surface area contributed by atoms with E-state index in [-0.39, 0.29) is 0 Å². The van der Waals surface area contributed by atoms with Crippen LogP contribution in [0.15, 0.2) is 18.5 Å². The van der Waals surface area contributed by atoms with Gasteiger partial charge in [-0.2, -0.15) is 10.2 Å². The first-order chi connectivity index (χ1) is 9.49. The fourth-order valence-corrected chi connectivity index (χ4v) is 2.49. The fraction of sp³-hybridized carbons (Fsp3) is 0.571. The number of nitrogens with one attached hydrogen (secondary N) is 1. The number of hydrogen-bond donors (Lipinski definition) is 1. The van der Waals surface area contributed by atoms with Crippen molar-refractivity contribution < 1.29 is 0 Å². The molecule has 0 bridgehead atoms. The zero-order valence-electron chi connectivity index (χ0n) is 13.0. The molecule has 6 nitrogen and oxygen atoms in total. The minimum absolute atomic E-state index is 0.351. The van der Waals surface area contributed by atoms with Crippen molar-refractivity contribution in [3.05, 3.63) is 29.7 Å². The normalized spacial score (nSPS) is 12.7. The second-order valence-electron chi connectivity index (χ2n) is 5.42. The van der Waals surface area contributed by atoms with Crippen LogP contribution in [-0.2, 0) is 20.1 Å². The largest absolute Gasteiger partial charge is 0.363 e. The van der Waals surface area contributed by atoms with Crippen molar-refractivity contribution in [3.63, 3.8) is 0 Å². The molecule has 0 aliphatic carbocycles. The quantitative estimate of drug-likeness (QED) is 0.860. The van der Waals surface area contributed by atoms with Gasteiger partial charge < -0.3 is 10.2 Å². The molecule has 0 amide bonds. The minimum Gasteiger partial charge on any atom is -0.363 e. The Labute approximate surface area is 120 Å². The van der Waals surface area contributed by atoms with Crippen LogP contribution >= 0.6 is 0 Å². The number of aryl methyl sites for hydroxylation is 2. The van der Waals surface area contributed by atoms with Crippen molar-refractivity contribution in [2.75, 3.05) is 19.0 Å². The molecule has 2 aromatic heterocycles. The molecule has 0 saturated heterocycles. The highest BCUT2D eigenvalue weighted by Gasteiger charge is 2.15. The third-order valence-electron chi connectivity index (χ3n) is 3.38. The van der Waals surface area contributed by atoms with Gasteiger partial charge in [0.05, 0.1) is 12.2 Å². The van der Waals surface area contributed by atoms with Crippen LogP contribution in [-0.4, -0.2) is 39.7 Å². The van der Waals surface area contributed by atoms with Crippen molar-refractivity contribution in [2.45, 2.75) is 33.0 Å². The van der Waals surface area contributed by atoms with Crippen LogP contribution in [0.25, 0.3) is 0 Å². The molecule has 2 rings (SSSR count). The zero-order chi connectivity index (χ0) is 14.7. The standard InChI is InChI=1S/C14H24N6/c1-11(10-20-8-6-7-16-20)15-9-13-12(2)17-19(5)14(13)18(3)4/h6-8,11,15H,9-10H2,1-5H3/t11-/m1/s1. The van der Waals surface area contributed by atoms with E-state index in [1.807, 2.05) is 49.0 Å². The van der Waals surface area contributed by atoms with Gasteiger partial charge in [0.2, 0.25) is 0 Å². The van der Waals surface area contributed by atoms with Gasteiger partial charge in [0.25, 0.3) is 0 Å². The molecule has 0 fully saturated rings. The van der Waals surface area contributed by atoms with Gasteiger partial charge in [-0.05, 0) is 19.9 Å². The number of anilines is 1. The highest BCUT2D eigenvalue weighted by Crippen LogP contribution is 2.21. The van der Waals surface area contributed by atoms with Crippen LogP contribution in [0.1, 0.15) is 18.2 Å². The molecule has 1 N–H and O–H groups in total. The van der Waals surface area contributed by atoms with Gasteiger partial charge in [0.15, 0.2) is 0 Å². The van der Waals surface area contributed by atoms with E-state index in [1.165, 1.54) is 5.56 Å². The van der Waals surface area contributed by atoms with Crippen LogP contribution in [0.2, 0.25) is 0 Å². The predicted molar refractivity (Wildman–Crippen MR) is 80.8 cm³/mol. The molecule has 110 valence electrons. The summed E-state index contributed by atoms with van der Waals surface area (Å²) in [4.78, 5) is 2.11. The molecule has 2 aromatic rings. The molecule has 0 aliphatic heterocycles. The summed E-state index contributed by atoms with van der Waals surface area (Å²) in [6, 6.07) is 2.30. The summed E-state index contributed by atoms with van der Waals surface area (Å²) >= 11 is 0. The van der Waals surface area contributed by atoms with Gasteiger partial charge in [-0.15, -0.1) is 0 Å². The van der Waals surface area contributed by atoms with Crippen LogP contribution in [0.4, 0.5) is 5.82 Å². The molecule has 1 atom stereocenters. The van der Waals surface area contributed by atoms with Crippen molar-refractivity contribution >= 4 is 5.82 Å². The second-order valence-corrected chi connectivity index (χ2v) is 5.42. The van der Waals surface area contributed by atoms with Crippen LogP contribution < -0.4 is 10.2 Å². The smallest absolute Gasteiger partial charge is 0.130 e. The van der Waals surface area contributed by atoms with E-state index >= 15 is 0 Å². The molecular weight excluding hydrogens is 252 g/mol. The van der Waals surface area contributed by atoms with E-state index in [2.05, 4.69) is 34.3 Å². The molecule has 0 spiro atoms. The Morgan fingerprint density at radius 1 is 1.40 bits per heavy atom. The lowest BCUT2D eigenvalue weighted by atomic mass is 10.2. The molecule has 0 aliphatic rings. The maximum absolute atomic E-state index is 4.50. The summed E-state index contributed by atoms with van der Waals surface area (Å²) in [6.07, 6.45) is 3.79. The molecule has 0 saturated carbocycles. The summed E-state index contributed by atoms with van der Waals surface area (Å²) < 4.78 is 3.88. The van der Waals surface area contributed by atoms with Gasteiger partial charge >= 0.3 is 0 Å². The highest BCUT2D eigenvalue weighted by molar-refractivity contribution is 5.48. The number of hydrogen-bond acceptors (Lipinski definition) is 4. The Kier molecular flexibility index (Phi) is 4.44. The third-order valence-corrected chi connectivity index (χ3v) is 3.38. The van der Waals surface area contributed by atoms with Crippen molar-refractivity contribution in [2.24, 2.45) is 7.05 Å². The Hall–Kier alpha value is -1.82. The maximum Gasteiger partial charge on any atom is 0.130 e. The third kappa shape index (κ3) is 3.19. The summed E-state index contributed by atoms with van der Waals surface area (Å²) in [6.45, 7) is 5.91. The Balaban J connectivity index is 2.00. The molecular formula is C14H24N6. The Morgan fingerprint density at radius 2 is 2.15 bits per heavy atom. The number of nitrogens with zero attached hydrogens (tertiary/aromatic N) is 5. The fourth-order valence-electron chi connectivity index (χ4n) is 2.49. The van der Waals surface area contributed by atoms with Crippen LogP contribution in [0.5, 0.6) is 0 Å². The van der Waals surface area contributed by atoms with Gasteiger partial charge in [-0.25, -0.2) is 0 Å². The lowest BCUT2D eigenvalue weighted by Crippen LogP contribution is -2.30. The first kappa shape index (κ1) is 14.6. The summed E-state index contributed by atoms with van der Waals surface area (Å²) in [5, 5.41) is 12.3. The number of aromatic nitrogens is 4. The van der Waals surface area contributed by atoms with Gasteiger partial charge in [0.1, 0.15) is 5.82 Å². The van der Waals surface area contributed by atoms with E-state index in [9.17, 15) is 0 Å². The lowest BCUT2D eigenvalue weighted by Gasteiger charge is -2.18. The maximum atomic E-state index is 4.50. The predicted octanol–water partition coefficient (Wildman–Crippen LogP) is 1.17. The first-order valence-electron chi connectivity index (χ1n) is 6.89. The molecule has 20 heavy (non-hydrogen) atoms. The zero-order valence-corrected chi connectivity index (χ0v) is 13.0. The van der Waals surface area contributed by atoms with Gasteiger partial charge in [0, 0.05) is 51.7 Å². The SMILES string of the molecule is Cc1nn(C)c(N(C)C)c1CN[C@H](C)Cn1cccn1. The minimum atomic E-state index is 0.351. The van der Waals surface area contributed by atoms with E-state index in [0.717, 1.165) is 24.6 Å². The van der Waals surface area contributed by atoms with E-state index in [4.69, 9.17) is 0 Å². The van der Waals surface area contributed by atoms with Crippen molar-refractivity contribution in [1.82, 2.24) is 24.9 Å². The Morgan fingerprint density at radius 3 is 2.75 bits per heavy atom. The van der Waals surface area contributed by atoms with Gasteiger partial charge in [-0.3, -0.25) is 9.36 Å².